The third kappa shape index (κ3) is 9.38. The van der Waals surface area contributed by atoms with Crippen LogP contribution in [0.2, 0.25) is 0 Å². The molecule has 14 nitrogen and oxygen atoms in total. The Morgan fingerprint density at radius 3 is 1.93 bits per heavy atom. The highest BCUT2D eigenvalue weighted by molar-refractivity contribution is 5.91. The summed E-state index contributed by atoms with van der Waals surface area (Å²) in [6, 6.07) is 3.12. The number of esters is 4. The molecule has 2 N–H and O–H groups in total. The highest BCUT2D eigenvalue weighted by Gasteiger charge is 2.63. The van der Waals surface area contributed by atoms with Crippen LogP contribution in [0, 0.1) is 0 Å². The lowest BCUT2D eigenvalue weighted by Gasteiger charge is -2.45. The second-order valence-electron chi connectivity index (χ2n) is 10.3. The van der Waals surface area contributed by atoms with E-state index in [1.165, 1.54) is 18.2 Å². The Morgan fingerprint density at radius 2 is 1.46 bits per heavy atom. The van der Waals surface area contributed by atoms with E-state index in [1.54, 1.807) is 0 Å². The number of hydrogen-bond acceptors (Lipinski definition) is 12. The molecule has 1 aliphatic rings. The van der Waals surface area contributed by atoms with Gasteiger partial charge in [-0.25, -0.2) is 4.79 Å². The minimum atomic E-state index is -5.27. The molecule has 0 bridgehead atoms. The predicted octanol–water partition coefficient (Wildman–Crippen LogP) is 1.23. The van der Waals surface area contributed by atoms with Crippen LogP contribution < -0.4 is 10.6 Å². The summed E-state index contributed by atoms with van der Waals surface area (Å²) in [6.45, 7) is 3.86. The maximum absolute atomic E-state index is 14.5. The predicted molar refractivity (Wildman–Crippen MR) is 148 cm³/mol. The van der Waals surface area contributed by atoms with Crippen LogP contribution in [0.15, 0.2) is 30.3 Å². The van der Waals surface area contributed by atoms with Gasteiger partial charge in [-0.15, -0.1) is 0 Å². The van der Waals surface area contributed by atoms with E-state index in [9.17, 15) is 41.9 Å². The molecule has 0 radical (unpaired) electrons. The minimum Gasteiger partial charge on any atom is -0.467 e. The number of ether oxygens (including phenoxy) is 6. The fourth-order valence-electron chi connectivity index (χ4n) is 5.08. The van der Waals surface area contributed by atoms with E-state index in [0.29, 0.717) is 7.11 Å². The van der Waals surface area contributed by atoms with Gasteiger partial charge in [-0.05, 0) is 12.8 Å². The Labute approximate surface area is 262 Å². The molecule has 0 saturated carbocycles. The third-order valence-corrected chi connectivity index (χ3v) is 6.96. The van der Waals surface area contributed by atoms with Gasteiger partial charge in [0.05, 0.1) is 19.3 Å². The van der Waals surface area contributed by atoms with E-state index in [0.717, 1.165) is 46.9 Å². The average Bonchev–Trinajstić information content (AvgIpc) is 2.96. The molecular formula is C29H37F3N2O12. The Kier molecular flexibility index (Phi) is 13.5. The second-order valence-corrected chi connectivity index (χ2v) is 10.3. The number of halogens is 3. The monoisotopic (exact) mass is 662 g/mol. The number of methoxy groups -OCH3 is 2. The average molecular weight is 663 g/mol. The fraction of sp³-hybridized carbons (Fsp3) is 0.586. The summed E-state index contributed by atoms with van der Waals surface area (Å²) >= 11 is 0. The van der Waals surface area contributed by atoms with Gasteiger partial charge in [0.2, 0.25) is 5.91 Å². The van der Waals surface area contributed by atoms with Gasteiger partial charge in [-0.2, -0.15) is 13.2 Å². The molecule has 2 amide bonds. The number of benzene rings is 1. The molecule has 256 valence electrons. The number of nitrogens with one attached hydrogen (secondary N) is 2. The Balaban J connectivity index is 2.50. The summed E-state index contributed by atoms with van der Waals surface area (Å²) in [6.07, 6.45) is -11.2. The molecule has 1 aromatic carbocycles. The maximum atomic E-state index is 14.5. The highest BCUT2D eigenvalue weighted by Crippen LogP contribution is 2.42. The van der Waals surface area contributed by atoms with Crippen LogP contribution in [0.25, 0.3) is 0 Å². The first-order chi connectivity index (χ1) is 21.5. The van der Waals surface area contributed by atoms with Gasteiger partial charge in [0.25, 0.3) is 11.5 Å². The summed E-state index contributed by atoms with van der Waals surface area (Å²) in [5.41, 5.74) is -4.06. The van der Waals surface area contributed by atoms with Crippen molar-refractivity contribution in [1.29, 1.82) is 0 Å². The zero-order chi connectivity index (χ0) is 34.8. The van der Waals surface area contributed by atoms with Crippen molar-refractivity contribution < 1.29 is 70.4 Å². The second kappa shape index (κ2) is 16.4. The number of rotatable bonds is 13. The van der Waals surface area contributed by atoms with Crippen molar-refractivity contribution in [2.24, 2.45) is 0 Å². The van der Waals surface area contributed by atoms with Gasteiger partial charge in [-0.1, -0.05) is 30.3 Å². The lowest BCUT2D eigenvalue weighted by atomic mass is 9.88. The van der Waals surface area contributed by atoms with E-state index in [2.05, 4.69) is 10.6 Å². The van der Waals surface area contributed by atoms with Gasteiger partial charge >= 0.3 is 30.1 Å². The smallest absolute Gasteiger partial charge is 0.430 e. The third-order valence-electron chi connectivity index (χ3n) is 6.96. The molecule has 17 heteroatoms. The maximum Gasteiger partial charge on any atom is 0.430 e. The van der Waals surface area contributed by atoms with Crippen molar-refractivity contribution in [3.63, 3.8) is 0 Å². The van der Waals surface area contributed by atoms with Crippen molar-refractivity contribution in [2.45, 2.75) is 88.8 Å². The summed E-state index contributed by atoms with van der Waals surface area (Å²) < 4.78 is 74.7. The molecule has 1 saturated heterocycles. The Bertz CT molecular complexity index is 1260. The van der Waals surface area contributed by atoms with Gasteiger partial charge in [-0.3, -0.25) is 24.0 Å². The molecule has 1 aromatic rings. The highest BCUT2D eigenvalue weighted by atomic mass is 19.4. The quantitative estimate of drug-likeness (QED) is 0.228. The van der Waals surface area contributed by atoms with E-state index in [-0.39, 0.29) is 6.42 Å². The number of carbonyl (C=O) groups is 6. The van der Waals surface area contributed by atoms with Crippen molar-refractivity contribution in [1.82, 2.24) is 10.6 Å². The standard InChI is InChI=1S/C29H37F3N2O12/c1-15(35)33-23-21(46-22(14-43-16(2)36)24(44-17(3)37)25(23)45-18(4)38)13-12-20(26(39)41-5)34-27(40)28(42-6,29(30,31)32)19-10-8-7-9-11-19/h7-11,20-25H,12-14H2,1-6H3,(H,33,35)(H,34,40)/t20-,21+,22-,23+,24-,25-,28+/m1/s1. The van der Waals surface area contributed by atoms with Crippen LogP contribution >= 0.6 is 0 Å². The molecule has 7 atom stereocenters. The van der Waals surface area contributed by atoms with Crippen LogP contribution in [0.1, 0.15) is 46.1 Å². The normalized spacial score (nSPS) is 23.1. The minimum absolute atomic E-state index is 0.288. The van der Waals surface area contributed by atoms with Crippen LogP contribution in [0.3, 0.4) is 0 Å². The van der Waals surface area contributed by atoms with E-state index in [1.807, 2.05) is 0 Å². The number of alkyl halides is 3. The first kappa shape index (κ1) is 37.9. The largest absolute Gasteiger partial charge is 0.467 e. The molecule has 1 aliphatic heterocycles. The Hall–Kier alpha value is -4.25. The number of carbonyl (C=O) groups excluding carboxylic acids is 6. The summed E-state index contributed by atoms with van der Waals surface area (Å²) in [5.74, 6) is -5.86. The lowest BCUT2D eigenvalue weighted by Crippen LogP contribution is -2.66. The van der Waals surface area contributed by atoms with E-state index >= 15 is 0 Å². The van der Waals surface area contributed by atoms with Crippen molar-refractivity contribution in [2.75, 3.05) is 20.8 Å². The molecule has 0 unspecified atom stereocenters. The van der Waals surface area contributed by atoms with Crippen molar-refractivity contribution >= 4 is 35.7 Å². The zero-order valence-electron chi connectivity index (χ0n) is 26.0. The van der Waals surface area contributed by atoms with Crippen LogP contribution in [-0.4, -0.2) is 99.2 Å². The molecule has 46 heavy (non-hydrogen) atoms. The first-order valence-electron chi connectivity index (χ1n) is 13.9. The van der Waals surface area contributed by atoms with Gasteiger partial charge in [0.1, 0.15) is 18.8 Å². The van der Waals surface area contributed by atoms with Crippen LogP contribution in [0.5, 0.6) is 0 Å². The van der Waals surface area contributed by atoms with Crippen LogP contribution in [0.4, 0.5) is 13.2 Å². The first-order valence-corrected chi connectivity index (χ1v) is 13.9. The topological polar surface area (TPSA) is 182 Å². The summed E-state index contributed by atoms with van der Waals surface area (Å²) in [7, 11) is 1.65. The zero-order valence-corrected chi connectivity index (χ0v) is 26.0. The summed E-state index contributed by atoms with van der Waals surface area (Å²) in [5, 5.41) is 4.61. The fourth-order valence-corrected chi connectivity index (χ4v) is 5.08. The van der Waals surface area contributed by atoms with Crippen molar-refractivity contribution in [3.05, 3.63) is 35.9 Å². The van der Waals surface area contributed by atoms with Crippen molar-refractivity contribution in [3.8, 4) is 0 Å². The molecule has 0 aliphatic carbocycles. The Morgan fingerprint density at radius 1 is 0.870 bits per heavy atom. The molecule has 0 aromatic heterocycles. The van der Waals surface area contributed by atoms with Crippen LogP contribution in [-0.2, 0) is 62.8 Å². The molecule has 0 spiro atoms. The van der Waals surface area contributed by atoms with E-state index < -0.39 is 103 Å². The number of hydrogen-bond donors (Lipinski definition) is 2. The SMILES string of the molecule is COC(=O)[C@@H](CC[C@@H]1O[C@H](COC(C)=O)[C@@H](OC(C)=O)[C@H](OC(C)=O)[C@H]1NC(C)=O)NC(=O)[C@@](OC)(c1ccccc1)C(F)(F)F. The van der Waals surface area contributed by atoms with Gasteiger partial charge in [0.15, 0.2) is 12.2 Å². The molecular weight excluding hydrogens is 625 g/mol. The molecule has 1 fully saturated rings. The van der Waals surface area contributed by atoms with Gasteiger partial charge < -0.3 is 39.1 Å². The van der Waals surface area contributed by atoms with E-state index in [4.69, 9.17) is 28.4 Å². The van der Waals surface area contributed by atoms with Gasteiger partial charge in [0, 0.05) is 40.4 Å². The lowest BCUT2D eigenvalue weighted by molar-refractivity contribution is -0.266. The molecule has 2 rings (SSSR count). The number of amides is 2. The summed E-state index contributed by atoms with van der Waals surface area (Å²) in [4.78, 5) is 73.9. The molecule has 1 heterocycles.